The van der Waals surface area contributed by atoms with Gasteiger partial charge in [0, 0.05) is 16.7 Å². The zero-order valence-electron chi connectivity index (χ0n) is 29.8. The Morgan fingerprint density at radius 2 is 1.09 bits per heavy atom. The van der Waals surface area contributed by atoms with Crippen molar-refractivity contribution < 1.29 is 0 Å². The quantitative estimate of drug-likeness (QED) is 0.192. The fourth-order valence-electron chi connectivity index (χ4n) is 8.47. The summed E-state index contributed by atoms with van der Waals surface area (Å²) in [7, 11) is 0. The van der Waals surface area contributed by atoms with Crippen LogP contribution in [-0.4, -0.2) is 5.71 Å². The Labute approximate surface area is 310 Å². The van der Waals surface area contributed by atoms with E-state index in [1.54, 1.807) is 0 Å². The van der Waals surface area contributed by atoms with E-state index in [4.69, 9.17) is 4.99 Å². The SMILES string of the molecule is CC1(C)c2cc(C3=NC(c4ccccc4)NC(c4ccc(-c5ccccc5)cc4)=C3)ccc2-c2c1cc1ccccc1c2-c1ccc2ccccc2c1. The average molecular weight is 679 g/mol. The zero-order valence-corrected chi connectivity index (χ0v) is 29.8. The van der Waals surface area contributed by atoms with Gasteiger partial charge in [0.05, 0.1) is 5.71 Å². The molecule has 1 aliphatic heterocycles. The molecule has 0 fully saturated rings. The van der Waals surface area contributed by atoms with Crippen molar-refractivity contribution in [3.05, 3.63) is 210 Å². The number of aliphatic imine (C=N–C) groups is 1. The second-order valence-electron chi connectivity index (χ2n) is 14.8. The van der Waals surface area contributed by atoms with E-state index in [1.807, 2.05) is 0 Å². The maximum atomic E-state index is 5.35. The van der Waals surface area contributed by atoms with Crippen LogP contribution in [0.15, 0.2) is 187 Å². The van der Waals surface area contributed by atoms with Crippen LogP contribution in [0, 0.1) is 0 Å². The first-order valence-electron chi connectivity index (χ1n) is 18.5. The van der Waals surface area contributed by atoms with Crippen molar-refractivity contribution in [1.82, 2.24) is 5.32 Å². The van der Waals surface area contributed by atoms with E-state index in [1.165, 1.54) is 66.1 Å². The fourth-order valence-corrected chi connectivity index (χ4v) is 8.47. The van der Waals surface area contributed by atoms with Gasteiger partial charge in [-0.15, -0.1) is 0 Å². The number of rotatable bonds is 5. The molecule has 1 atom stereocenters. The summed E-state index contributed by atoms with van der Waals surface area (Å²) in [5.41, 5.74) is 15.6. The second-order valence-corrected chi connectivity index (χ2v) is 14.8. The smallest absolute Gasteiger partial charge is 0.145 e. The van der Waals surface area contributed by atoms with Crippen LogP contribution in [0.2, 0.25) is 0 Å². The van der Waals surface area contributed by atoms with Crippen molar-refractivity contribution in [3.63, 3.8) is 0 Å². The predicted octanol–water partition coefficient (Wildman–Crippen LogP) is 12.8. The molecule has 2 heteroatoms. The molecule has 0 bridgehead atoms. The van der Waals surface area contributed by atoms with Crippen molar-refractivity contribution in [2.24, 2.45) is 4.99 Å². The molecule has 0 aromatic heterocycles. The largest absolute Gasteiger partial charge is 0.360 e. The summed E-state index contributed by atoms with van der Waals surface area (Å²) in [6.07, 6.45) is 2.02. The molecule has 2 aliphatic rings. The van der Waals surface area contributed by atoms with Crippen molar-refractivity contribution in [3.8, 4) is 33.4 Å². The van der Waals surface area contributed by atoms with Gasteiger partial charge >= 0.3 is 0 Å². The molecule has 0 saturated carbocycles. The molecule has 1 aliphatic carbocycles. The highest BCUT2D eigenvalue weighted by Gasteiger charge is 2.38. The number of fused-ring (bicyclic) bond motifs is 5. The third-order valence-corrected chi connectivity index (χ3v) is 11.3. The van der Waals surface area contributed by atoms with Crippen LogP contribution in [-0.2, 0) is 5.41 Å². The summed E-state index contributed by atoms with van der Waals surface area (Å²) >= 11 is 0. The summed E-state index contributed by atoms with van der Waals surface area (Å²) in [6, 6.07) is 63.9. The first kappa shape index (κ1) is 31.2. The molecule has 53 heavy (non-hydrogen) atoms. The monoisotopic (exact) mass is 678 g/mol. The summed E-state index contributed by atoms with van der Waals surface area (Å²) in [4.78, 5) is 5.35. The molecule has 8 aromatic carbocycles. The van der Waals surface area contributed by atoms with Crippen LogP contribution in [0.25, 0.3) is 60.6 Å². The lowest BCUT2D eigenvalue weighted by Gasteiger charge is -2.26. The maximum absolute atomic E-state index is 5.35. The minimum atomic E-state index is -0.206. The van der Waals surface area contributed by atoms with Crippen molar-refractivity contribution >= 4 is 33.0 Å². The number of hydrogen-bond donors (Lipinski definition) is 1. The number of allylic oxidation sites excluding steroid dienone is 1. The topological polar surface area (TPSA) is 24.4 Å². The Bertz CT molecular complexity index is 2750. The van der Waals surface area contributed by atoms with E-state index in [9.17, 15) is 0 Å². The van der Waals surface area contributed by atoms with Gasteiger partial charge in [-0.3, -0.25) is 4.99 Å². The molecule has 0 spiro atoms. The molecule has 2 nitrogen and oxygen atoms in total. The molecule has 1 unspecified atom stereocenters. The Morgan fingerprint density at radius 1 is 0.472 bits per heavy atom. The van der Waals surface area contributed by atoms with Gasteiger partial charge in [-0.05, 0) is 101 Å². The highest BCUT2D eigenvalue weighted by molar-refractivity contribution is 6.14. The Balaban J connectivity index is 1.12. The molecule has 1 N–H and O–H groups in total. The third-order valence-electron chi connectivity index (χ3n) is 11.3. The van der Waals surface area contributed by atoms with Crippen LogP contribution in [0.4, 0.5) is 0 Å². The van der Waals surface area contributed by atoms with Gasteiger partial charge in [0.1, 0.15) is 6.17 Å². The molecular weight excluding hydrogens is 641 g/mol. The number of nitrogens with one attached hydrogen (secondary N) is 1. The molecule has 10 rings (SSSR count). The number of hydrogen-bond acceptors (Lipinski definition) is 2. The zero-order chi connectivity index (χ0) is 35.5. The first-order chi connectivity index (χ1) is 26.0. The summed E-state index contributed by atoms with van der Waals surface area (Å²) in [5.74, 6) is 0. The molecule has 252 valence electrons. The summed E-state index contributed by atoms with van der Waals surface area (Å²) in [6.45, 7) is 4.76. The lowest BCUT2D eigenvalue weighted by Crippen LogP contribution is -2.25. The fraction of sp³-hybridized carbons (Fsp3) is 0.0784. The van der Waals surface area contributed by atoms with Crippen molar-refractivity contribution in [2.75, 3.05) is 0 Å². The molecule has 0 radical (unpaired) electrons. The van der Waals surface area contributed by atoms with E-state index in [-0.39, 0.29) is 11.6 Å². The van der Waals surface area contributed by atoms with Crippen LogP contribution >= 0.6 is 0 Å². The lowest BCUT2D eigenvalue weighted by atomic mass is 9.80. The van der Waals surface area contributed by atoms with E-state index in [0.717, 1.165) is 28.1 Å². The molecule has 0 saturated heterocycles. The van der Waals surface area contributed by atoms with Gasteiger partial charge in [-0.1, -0.05) is 172 Å². The standard InChI is InChI=1S/C51H38N2/c1-51(2)44-31-40(47-32-46(52-50(53-47)37-16-7-4-8-17-37)36-24-21-35(22-25-36)33-13-5-3-6-14-33)27-28-43(44)49-45(51)30-39-19-11-12-20-42(39)48(49)41-26-23-34-15-9-10-18-38(34)29-41/h3-32,50,52H,1-2H3. The first-order valence-corrected chi connectivity index (χ1v) is 18.5. The van der Waals surface area contributed by atoms with Gasteiger partial charge in [-0.2, -0.15) is 0 Å². The van der Waals surface area contributed by atoms with Gasteiger partial charge < -0.3 is 5.32 Å². The van der Waals surface area contributed by atoms with Crippen molar-refractivity contribution in [2.45, 2.75) is 25.4 Å². The minimum absolute atomic E-state index is 0.205. The summed E-state index contributed by atoms with van der Waals surface area (Å²) < 4.78 is 0. The Morgan fingerprint density at radius 3 is 1.89 bits per heavy atom. The lowest BCUT2D eigenvalue weighted by molar-refractivity contribution is 0.659. The van der Waals surface area contributed by atoms with E-state index in [2.05, 4.69) is 201 Å². The normalized spacial score (nSPS) is 15.7. The van der Waals surface area contributed by atoms with Gasteiger partial charge in [0.15, 0.2) is 0 Å². The molecule has 0 amide bonds. The number of nitrogens with zero attached hydrogens (tertiary/aromatic N) is 1. The molecule has 1 heterocycles. The van der Waals surface area contributed by atoms with E-state index >= 15 is 0 Å². The van der Waals surface area contributed by atoms with Gasteiger partial charge in [-0.25, -0.2) is 0 Å². The Hall–Kier alpha value is -6.51. The summed E-state index contributed by atoms with van der Waals surface area (Å²) in [5, 5.41) is 8.83. The van der Waals surface area contributed by atoms with Crippen LogP contribution in [0.1, 0.15) is 47.8 Å². The predicted molar refractivity (Wildman–Crippen MR) is 223 cm³/mol. The van der Waals surface area contributed by atoms with Crippen LogP contribution in [0.3, 0.4) is 0 Å². The highest BCUT2D eigenvalue weighted by atomic mass is 15.1. The Kier molecular flexibility index (Phi) is 7.26. The highest BCUT2D eigenvalue weighted by Crippen LogP contribution is 2.54. The molecular formula is C51H38N2. The molecule has 8 aromatic rings. The van der Waals surface area contributed by atoms with Crippen LogP contribution in [0.5, 0.6) is 0 Å². The van der Waals surface area contributed by atoms with Gasteiger partial charge in [0.25, 0.3) is 0 Å². The average Bonchev–Trinajstić information content (AvgIpc) is 3.45. The second kappa shape index (κ2) is 12.3. The third kappa shape index (κ3) is 5.29. The number of benzene rings is 8. The minimum Gasteiger partial charge on any atom is -0.360 e. The maximum Gasteiger partial charge on any atom is 0.145 e. The van der Waals surface area contributed by atoms with E-state index < -0.39 is 0 Å². The van der Waals surface area contributed by atoms with Crippen LogP contribution < -0.4 is 5.32 Å². The van der Waals surface area contributed by atoms with Crippen molar-refractivity contribution in [1.29, 1.82) is 0 Å². The van der Waals surface area contributed by atoms with E-state index in [0.29, 0.717) is 0 Å². The van der Waals surface area contributed by atoms with Gasteiger partial charge in [0.2, 0.25) is 0 Å².